The minimum absolute atomic E-state index is 0.0330. The van der Waals surface area contributed by atoms with Crippen molar-refractivity contribution in [3.05, 3.63) is 52.0 Å². The number of halogens is 2. The monoisotopic (exact) mass is 585 g/mol. The molecular formula is C26H33Cl2N3O6S. The molecule has 208 valence electrons. The van der Waals surface area contributed by atoms with Crippen LogP contribution in [0.5, 0.6) is 11.5 Å². The summed E-state index contributed by atoms with van der Waals surface area (Å²) in [6.07, 6.45) is 0. The van der Waals surface area contributed by atoms with E-state index >= 15 is 0 Å². The lowest BCUT2D eigenvalue weighted by Gasteiger charge is -2.33. The number of carbonyl (C=O) groups excluding carboxylic acids is 2. The fourth-order valence-corrected chi connectivity index (χ4v) is 5.32. The fourth-order valence-electron chi connectivity index (χ4n) is 3.80. The predicted molar refractivity (Wildman–Crippen MR) is 149 cm³/mol. The van der Waals surface area contributed by atoms with E-state index in [-0.39, 0.29) is 23.9 Å². The van der Waals surface area contributed by atoms with Crippen molar-refractivity contribution in [1.82, 2.24) is 10.2 Å². The van der Waals surface area contributed by atoms with Gasteiger partial charge in [-0.05, 0) is 64.4 Å². The van der Waals surface area contributed by atoms with Gasteiger partial charge in [0, 0.05) is 28.2 Å². The second kappa shape index (κ2) is 12.0. The van der Waals surface area contributed by atoms with Gasteiger partial charge in [-0.25, -0.2) is 8.42 Å². The minimum Gasteiger partial charge on any atom is -0.486 e. The van der Waals surface area contributed by atoms with E-state index in [1.54, 1.807) is 37.3 Å². The van der Waals surface area contributed by atoms with Crippen LogP contribution >= 0.6 is 23.2 Å². The van der Waals surface area contributed by atoms with Crippen molar-refractivity contribution in [2.75, 3.05) is 29.8 Å². The maximum absolute atomic E-state index is 13.8. The number of anilines is 1. The summed E-state index contributed by atoms with van der Waals surface area (Å²) in [5.74, 6) is -0.329. The molecule has 0 aliphatic carbocycles. The van der Waals surface area contributed by atoms with Crippen molar-refractivity contribution in [2.24, 2.45) is 0 Å². The lowest BCUT2D eigenvalue weighted by atomic mass is 10.1. The fraction of sp³-hybridized carbons (Fsp3) is 0.462. The molecule has 0 saturated heterocycles. The molecule has 2 amide bonds. The number of nitrogens with zero attached hydrogens (tertiary/aromatic N) is 2. The van der Waals surface area contributed by atoms with E-state index < -0.39 is 34.1 Å². The normalized spacial score (nSPS) is 14.0. The Morgan fingerprint density at radius 3 is 2.32 bits per heavy atom. The number of carbonyl (C=O) groups is 2. The topological polar surface area (TPSA) is 105 Å². The zero-order valence-corrected chi connectivity index (χ0v) is 24.4. The molecule has 1 N–H and O–H groups in total. The van der Waals surface area contributed by atoms with Gasteiger partial charge in [-0.15, -0.1) is 0 Å². The summed E-state index contributed by atoms with van der Waals surface area (Å²) >= 11 is 12.4. The molecule has 0 unspecified atom stereocenters. The standard InChI is InChI=1S/C26H33Cl2N3O6S/c1-6-38(34,35)31(20-9-10-22-23(14-20)37-12-11-36-22)16-24(32)30(17(2)25(33)29-26(3,4)5)15-18-7-8-19(27)13-21(18)28/h7-10,13-14,17H,6,11-12,15-16H2,1-5H3,(H,29,33)/t17-/m1/s1. The smallest absolute Gasteiger partial charge is 0.244 e. The van der Waals surface area contributed by atoms with Crippen LogP contribution < -0.4 is 19.1 Å². The van der Waals surface area contributed by atoms with Crippen LogP contribution in [0, 0.1) is 0 Å². The Bertz CT molecular complexity index is 1300. The summed E-state index contributed by atoms with van der Waals surface area (Å²) in [5.41, 5.74) is 0.269. The molecule has 9 nitrogen and oxygen atoms in total. The highest BCUT2D eigenvalue weighted by atomic mass is 35.5. The lowest BCUT2D eigenvalue weighted by molar-refractivity contribution is -0.140. The van der Waals surface area contributed by atoms with Crippen molar-refractivity contribution in [3.63, 3.8) is 0 Å². The molecule has 0 saturated carbocycles. The number of fused-ring (bicyclic) bond motifs is 1. The maximum atomic E-state index is 13.8. The molecular weight excluding hydrogens is 553 g/mol. The number of benzene rings is 2. The number of rotatable bonds is 9. The van der Waals surface area contributed by atoms with Gasteiger partial charge in [-0.3, -0.25) is 13.9 Å². The van der Waals surface area contributed by atoms with Crippen molar-refractivity contribution < 1.29 is 27.5 Å². The average molecular weight is 587 g/mol. The van der Waals surface area contributed by atoms with Gasteiger partial charge < -0.3 is 19.7 Å². The molecule has 2 aromatic carbocycles. The van der Waals surface area contributed by atoms with Gasteiger partial charge in [0.1, 0.15) is 25.8 Å². The van der Waals surface area contributed by atoms with Gasteiger partial charge in [0.2, 0.25) is 21.8 Å². The lowest BCUT2D eigenvalue weighted by Crippen LogP contribution is -2.54. The third-order valence-corrected chi connectivity index (χ3v) is 8.14. The van der Waals surface area contributed by atoms with Crippen LogP contribution in [0.15, 0.2) is 36.4 Å². The highest BCUT2D eigenvalue weighted by molar-refractivity contribution is 7.92. The minimum atomic E-state index is -3.88. The van der Waals surface area contributed by atoms with Crippen LogP contribution in [0.2, 0.25) is 10.0 Å². The van der Waals surface area contributed by atoms with Gasteiger partial charge >= 0.3 is 0 Å². The molecule has 2 aromatic rings. The van der Waals surface area contributed by atoms with Crippen molar-refractivity contribution in [2.45, 2.75) is 52.7 Å². The quantitative estimate of drug-likeness (QED) is 0.471. The summed E-state index contributed by atoms with van der Waals surface area (Å²) in [6.45, 7) is 8.72. The first-order valence-corrected chi connectivity index (χ1v) is 14.5. The first-order chi connectivity index (χ1) is 17.7. The summed E-state index contributed by atoms with van der Waals surface area (Å²) in [7, 11) is -3.88. The van der Waals surface area contributed by atoms with Crippen LogP contribution in [0.3, 0.4) is 0 Å². The zero-order chi connectivity index (χ0) is 28.3. The predicted octanol–water partition coefficient (Wildman–Crippen LogP) is 4.25. The number of ether oxygens (including phenoxy) is 2. The van der Waals surface area contributed by atoms with Crippen molar-refractivity contribution in [1.29, 1.82) is 0 Å². The molecule has 12 heteroatoms. The van der Waals surface area contributed by atoms with Crippen LogP contribution in [0.25, 0.3) is 0 Å². The molecule has 1 aliphatic rings. The van der Waals surface area contributed by atoms with E-state index in [0.29, 0.717) is 40.3 Å². The van der Waals surface area contributed by atoms with Crippen LogP contribution in [-0.2, 0) is 26.2 Å². The second-order valence-electron chi connectivity index (χ2n) is 9.91. The van der Waals surface area contributed by atoms with Crippen LogP contribution in [0.1, 0.15) is 40.2 Å². The number of amides is 2. The van der Waals surface area contributed by atoms with Gasteiger partial charge in [0.05, 0.1) is 11.4 Å². The average Bonchev–Trinajstić information content (AvgIpc) is 2.85. The Kier molecular flexibility index (Phi) is 9.43. The third-order valence-electron chi connectivity index (χ3n) is 5.81. The molecule has 0 spiro atoms. The molecule has 0 aromatic heterocycles. The molecule has 38 heavy (non-hydrogen) atoms. The molecule has 1 aliphatic heterocycles. The van der Waals surface area contributed by atoms with Crippen molar-refractivity contribution >= 4 is 50.7 Å². The third kappa shape index (κ3) is 7.45. The largest absolute Gasteiger partial charge is 0.486 e. The highest BCUT2D eigenvalue weighted by Crippen LogP contribution is 2.35. The number of hydrogen-bond acceptors (Lipinski definition) is 6. The Balaban J connectivity index is 1.98. The molecule has 3 rings (SSSR count). The summed E-state index contributed by atoms with van der Waals surface area (Å²) in [4.78, 5) is 28.2. The van der Waals surface area contributed by atoms with E-state index in [2.05, 4.69) is 5.32 Å². The number of hydrogen-bond donors (Lipinski definition) is 1. The van der Waals surface area contributed by atoms with E-state index in [1.165, 1.54) is 17.9 Å². The van der Waals surface area contributed by atoms with E-state index in [1.807, 2.05) is 20.8 Å². The first-order valence-electron chi connectivity index (χ1n) is 12.2. The molecule has 0 radical (unpaired) electrons. The number of nitrogens with one attached hydrogen (secondary N) is 1. The van der Waals surface area contributed by atoms with Crippen molar-refractivity contribution in [3.8, 4) is 11.5 Å². The Morgan fingerprint density at radius 2 is 1.71 bits per heavy atom. The maximum Gasteiger partial charge on any atom is 0.244 e. The SMILES string of the molecule is CCS(=O)(=O)N(CC(=O)N(Cc1ccc(Cl)cc1Cl)[C@H](C)C(=O)NC(C)(C)C)c1ccc2c(c1)OCCO2. The van der Waals surface area contributed by atoms with E-state index in [0.717, 1.165) is 4.31 Å². The molecule has 0 bridgehead atoms. The second-order valence-corrected chi connectivity index (χ2v) is 12.9. The summed E-state index contributed by atoms with van der Waals surface area (Å²) < 4.78 is 38.4. The first kappa shape index (κ1) is 29.9. The van der Waals surface area contributed by atoms with E-state index in [4.69, 9.17) is 32.7 Å². The van der Waals surface area contributed by atoms with Gasteiger partial charge in [0.15, 0.2) is 11.5 Å². The van der Waals surface area contributed by atoms with Crippen LogP contribution in [-0.4, -0.2) is 62.2 Å². The molecule has 1 heterocycles. The van der Waals surface area contributed by atoms with Gasteiger partial charge in [-0.1, -0.05) is 29.3 Å². The molecule has 0 fully saturated rings. The number of sulfonamides is 1. The molecule has 1 atom stereocenters. The summed E-state index contributed by atoms with van der Waals surface area (Å²) in [5, 5.41) is 3.62. The van der Waals surface area contributed by atoms with E-state index in [9.17, 15) is 18.0 Å². The Morgan fingerprint density at radius 1 is 1.05 bits per heavy atom. The summed E-state index contributed by atoms with van der Waals surface area (Å²) in [6, 6.07) is 8.62. The Labute approximate surface area is 234 Å². The Hall–Kier alpha value is -2.69. The zero-order valence-electron chi connectivity index (χ0n) is 22.1. The van der Waals surface area contributed by atoms with Crippen LogP contribution in [0.4, 0.5) is 5.69 Å². The highest BCUT2D eigenvalue weighted by Gasteiger charge is 2.33. The van der Waals surface area contributed by atoms with Gasteiger partial charge in [0.25, 0.3) is 0 Å². The van der Waals surface area contributed by atoms with Gasteiger partial charge in [-0.2, -0.15) is 0 Å².